The summed E-state index contributed by atoms with van der Waals surface area (Å²) in [4.78, 5) is 13.9. The lowest BCUT2D eigenvalue weighted by Crippen LogP contribution is -2.44. The number of urea groups is 1. The van der Waals surface area contributed by atoms with Gasteiger partial charge in [0, 0.05) is 24.8 Å². The molecular weight excluding hydrogens is 280 g/mol. The van der Waals surface area contributed by atoms with Gasteiger partial charge in [-0.1, -0.05) is 6.07 Å². The predicted octanol–water partition coefficient (Wildman–Crippen LogP) is 3.00. The highest BCUT2D eigenvalue weighted by molar-refractivity contribution is 5.89. The number of nitrogens with zero attached hydrogens (tertiary/aromatic N) is 1. The number of benzene rings is 1. The van der Waals surface area contributed by atoms with Gasteiger partial charge in [0.1, 0.15) is 5.75 Å². The molecule has 0 spiro atoms. The van der Waals surface area contributed by atoms with E-state index in [1.807, 2.05) is 24.3 Å². The molecule has 2 aliphatic rings. The highest BCUT2D eigenvalue weighted by Crippen LogP contribution is 2.26. The summed E-state index contributed by atoms with van der Waals surface area (Å²) in [6.45, 7) is 1.10. The molecule has 2 N–H and O–H groups in total. The van der Waals surface area contributed by atoms with Crippen molar-refractivity contribution in [2.45, 2.75) is 50.7 Å². The lowest BCUT2D eigenvalue weighted by molar-refractivity contribution is 0.0883. The van der Waals surface area contributed by atoms with Crippen LogP contribution in [-0.2, 0) is 0 Å². The molecule has 0 bridgehead atoms. The summed E-state index contributed by atoms with van der Waals surface area (Å²) in [7, 11) is 0. The Labute approximate surface area is 131 Å². The molecule has 1 atom stereocenters. The van der Waals surface area contributed by atoms with Crippen molar-refractivity contribution in [3.8, 4) is 5.75 Å². The summed E-state index contributed by atoms with van der Waals surface area (Å²) in [5.41, 5.74) is 0.737. The predicted molar refractivity (Wildman–Crippen MR) is 85.2 cm³/mol. The molecule has 1 aromatic rings. The number of amides is 2. The van der Waals surface area contributed by atoms with E-state index in [9.17, 15) is 9.90 Å². The fourth-order valence-corrected chi connectivity index (χ4v) is 3.19. The molecule has 1 saturated carbocycles. The number of β-amino-alcohol motifs (C(OH)–C–C–N with tert-alkyl or cyclic N) is 1. The van der Waals surface area contributed by atoms with Crippen LogP contribution in [0, 0.1) is 0 Å². The van der Waals surface area contributed by atoms with Crippen LogP contribution in [0.2, 0.25) is 0 Å². The van der Waals surface area contributed by atoms with Crippen LogP contribution in [0.5, 0.6) is 5.75 Å². The molecular formula is C17H24N2O3. The Morgan fingerprint density at radius 3 is 2.82 bits per heavy atom. The first kappa shape index (κ1) is 15.2. The minimum atomic E-state index is -0.406. The average molecular weight is 304 g/mol. The quantitative estimate of drug-likeness (QED) is 0.902. The second kappa shape index (κ2) is 7.01. The highest BCUT2D eigenvalue weighted by atomic mass is 16.5. The summed E-state index contributed by atoms with van der Waals surface area (Å²) in [6.07, 6.45) is 6.22. The molecule has 1 aliphatic carbocycles. The number of ether oxygens (including phenoxy) is 1. The van der Waals surface area contributed by atoms with Gasteiger partial charge in [-0.3, -0.25) is 0 Å². The third-order valence-corrected chi connectivity index (χ3v) is 4.37. The monoisotopic (exact) mass is 304 g/mol. The average Bonchev–Trinajstić information content (AvgIpc) is 3.00. The maximum Gasteiger partial charge on any atom is 0.321 e. The van der Waals surface area contributed by atoms with E-state index in [0.29, 0.717) is 19.2 Å². The summed E-state index contributed by atoms with van der Waals surface area (Å²) < 4.78 is 5.96. The maximum absolute atomic E-state index is 12.2. The van der Waals surface area contributed by atoms with Crippen LogP contribution in [0.1, 0.15) is 38.5 Å². The lowest BCUT2D eigenvalue weighted by Gasteiger charge is -2.30. The van der Waals surface area contributed by atoms with Crippen LogP contribution in [0.4, 0.5) is 10.5 Å². The van der Waals surface area contributed by atoms with Crippen molar-refractivity contribution in [1.29, 1.82) is 0 Å². The zero-order valence-electron chi connectivity index (χ0n) is 12.8. The maximum atomic E-state index is 12.2. The molecule has 22 heavy (non-hydrogen) atoms. The molecule has 2 fully saturated rings. The fraction of sp³-hybridized carbons (Fsp3) is 0.588. The molecule has 1 aliphatic heterocycles. The van der Waals surface area contributed by atoms with E-state index >= 15 is 0 Å². The Morgan fingerprint density at radius 1 is 1.23 bits per heavy atom. The van der Waals surface area contributed by atoms with Gasteiger partial charge in [0.15, 0.2) is 0 Å². The number of likely N-dealkylation sites (tertiary alicyclic amines) is 1. The van der Waals surface area contributed by atoms with Gasteiger partial charge in [-0.25, -0.2) is 4.79 Å². The highest BCUT2D eigenvalue weighted by Gasteiger charge is 2.22. The van der Waals surface area contributed by atoms with E-state index in [-0.39, 0.29) is 6.03 Å². The molecule has 2 amide bonds. The first-order valence-corrected chi connectivity index (χ1v) is 8.21. The molecule has 1 unspecified atom stereocenters. The number of carbonyl (C=O) groups is 1. The number of aliphatic hydroxyl groups is 1. The third kappa shape index (κ3) is 3.91. The Hall–Kier alpha value is -1.75. The second-order valence-electron chi connectivity index (χ2n) is 6.22. The van der Waals surface area contributed by atoms with Gasteiger partial charge in [-0.15, -0.1) is 0 Å². The van der Waals surface area contributed by atoms with E-state index in [2.05, 4.69) is 5.32 Å². The topological polar surface area (TPSA) is 61.8 Å². The van der Waals surface area contributed by atoms with Crippen LogP contribution < -0.4 is 10.1 Å². The number of hydrogen-bond donors (Lipinski definition) is 2. The zero-order chi connectivity index (χ0) is 15.4. The number of rotatable bonds is 3. The number of hydrogen-bond acceptors (Lipinski definition) is 3. The Kier molecular flexibility index (Phi) is 4.83. The molecule has 120 valence electrons. The van der Waals surface area contributed by atoms with Gasteiger partial charge >= 0.3 is 6.03 Å². The van der Waals surface area contributed by atoms with Gasteiger partial charge in [0.2, 0.25) is 0 Å². The third-order valence-electron chi connectivity index (χ3n) is 4.37. The molecule has 0 radical (unpaired) electrons. The van der Waals surface area contributed by atoms with Crippen molar-refractivity contribution in [2.75, 3.05) is 18.4 Å². The number of nitrogens with one attached hydrogen (secondary N) is 1. The molecule has 1 saturated heterocycles. The molecule has 0 aromatic heterocycles. The van der Waals surface area contributed by atoms with Crippen LogP contribution >= 0.6 is 0 Å². The van der Waals surface area contributed by atoms with E-state index < -0.39 is 6.10 Å². The van der Waals surface area contributed by atoms with E-state index in [0.717, 1.165) is 37.1 Å². The Morgan fingerprint density at radius 2 is 2.05 bits per heavy atom. The van der Waals surface area contributed by atoms with E-state index in [4.69, 9.17) is 4.74 Å². The standard InChI is InChI=1S/C17H24N2O3/c20-14-6-4-10-19(12-14)17(21)18-13-5-3-9-16(11-13)22-15-7-1-2-8-15/h3,5,9,11,14-15,20H,1-2,4,6-8,10,12H2,(H,18,21). The minimum absolute atomic E-state index is 0.156. The normalized spacial score (nSPS) is 22.6. The van der Waals surface area contributed by atoms with E-state index in [1.165, 1.54) is 12.8 Å². The van der Waals surface area contributed by atoms with Crippen molar-refractivity contribution >= 4 is 11.7 Å². The van der Waals surface area contributed by atoms with Crippen molar-refractivity contribution in [3.63, 3.8) is 0 Å². The minimum Gasteiger partial charge on any atom is -0.490 e. The van der Waals surface area contributed by atoms with Crippen LogP contribution in [0.25, 0.3) is 0 Å². The molecule has 1 aromatic carbocycles. The lowest BCUT2D eigenvalue weighted by atomic mass is 10.1. The second-order valence-corrected chi connectivity index (χ2v) is 6.22. The summed E-state index contributed by atoms with van der Waals surface area (Å²) in [5.74, 6) is 0.809. The van der Waals surface area contributed by atoms with Gasteiger partial charge in [0.05, 0.1) is 12.2 Å². The van der Waals surface area contributed by atoms with Crippen LogP contribution in [0.15, 0.2) is 24.3 Å². The molecule has 1 heterocycles. The SMILES string of the molecule is O=C(Nc1cccc(OC2CCCC2)c1)N1CCCC(O)C1. The van der Waals surface area contributed by atoms with Crippen molar-refractivity contribution in [2.24, 2.45) is 0 Å². The van der Waals surface area contributed by atoms with Gasteiger partial charge in [-0.05, 0) is 50.7 Å². The Bertz CT molecular complexity index is 514. The van der Waals surface area contributed by atoms with Gasteiger partial charge in [-0.2, -0.15) is 0 Å². The van der Waals surface area contributed by atoms with Gasteiger partial charge in [0.25, 0.3) is 0 Å². The first-order valence-electron chi connectivity index (χ1n) is 8.21. The first-order chi connectivity index (χ1) is 10.7. The number of aliphatic hydroxyl groups excluding tert-OH is 1. The Balaban J connectivity index is 1.58. The van der Waals surface area contributed by atoms with Crippen LogP contribution in [0.3, 0.4) is 0 Å². The number of carbonyl (C=O) groups excluding carboxylic acids is 1. The largest absolute Gasteiger partial charge is 0.490 e. The van der Waals surface area contributed by atoms with Gasteiger partial charge < -0.3 is 20.1 Å². The molecule has 3 rings (SSSR count). The van der Waals surface area contributed by atoms with Crippen molar-refractivity contribution in [3.05, 3.63) is 24.3 Å². The molecule has 5 nitrogen and oxygen atoms in total. The summed E-state index contributed by atoms with van der Waals surface area (Å²) in [5, 5.41) is 12.5. The zero-order valence-corrected chi connectivity index (χ0v) is 12.8. The smallest absolute Gasteiger partial charge is 0.321 e. The summed E-state index contributed by atoms with van der Waals surface area (Å²) >= 11 is 0. The van der Waals surface area contributed by atoms with E-state index in [1.54, 1.807) is 4.90 Å². The number of anilines is 1. The fourth-order valence-electron chi connectivity index (χ4n) is 3.19. The molecule has 5 heteroatoms. The van der Waals surface area contributed by atoms with Crippen LogP contribution in [-0.4, -0.2) is 41.3 Å². The van der Waals surface area contributed by atoms with Crippen molar-refractivity contribution < 1.29 is 14.6 Å². The van der Waals surface area contributed by atoms with Crippen molar-refractivity contribution in [1.82, 2.24) is 4.90 Å². The number of piperidine rings is 1. The summed E-state index contributed by atoms with van der Waals surface area (Å²) in [6, 6.07) is 7.40.